The van der Waals surface area contributed by atoms with Crippen LogP contribution in [-0.4, -0.2) is 27.2 Å². The van der Waals surface area contributed by atoms with Crippen molar-refractivity contribution in [3.63, 3.8) is 0 Å². The number of ether oxygens (including phenoxy) is 1. The van der Waals surface area contributed by atoms with Crippen molar-refractivity contribution in [1.29, 1.82) is 0 Å². The van der Waals surface area contributed by atoms with Crippen molar-refractivity contribution in [3.05, 3.63) is 54.6 Å². The predicted molar refractivity (Wildman–Crippen MR) is 70.8 cm³/mol. The number of aromatic nitrogens is 2. The quantitative estimate of drug-likeness (QED) is 0.805. The monoisotopic (exact) mass is 258 g/mol. The number of imidazole rings is 1. The van der Waals surface area contributed by atoms with Crippen LogP contribution >= 0.6 is 0 Å². The van der Waals surface area contributed by atoms with E-state index in [0.29, 0.717) is 18.9 Å². The minimum Gasteiger partial charge on any atom is -0.491 e. The normalized spacial score (nSPS) is 10.7. The molecule has 98 valence electrons. The summed E-state index contributed by atoms with van der Waals surface area (Å²) in [4.78, 5) is 14.5. The molecule has 0 spiro atoms. The van der Waals surface area contributed by atoms with Gasteiger partial charge in [-0.15, -0.1) is 0 Å². The molecule has 0 saturated heterocycles. The summed E-state index contributed by atoms with van der Waals surface area (Å²) in [5, 5.41) is 8.63. The van der Waals surface area contributed by atoms with Crippen LogP contribution in [0.2, 0.25) is 0 Å². The van der Waals surface area contributed by atoms with Crippen molar-refractivity contribution in [1.82, 2.24) is 9.55 Å². The van der Waals surface area contributed by atoms with Gasteiger partial charge in [0.1, 0.15) is 12.4 Å². The Kier molecular flexibility index (Phi) is 4.34. The number of carboxylic acid groups (broad SMARTS) is 1. The third-order valence-corrected chi connectivity index (χ3v) is 2.49. The van der Waals surface area contributed by atoms with E-state index in [2.05, 4.69) is 4.98 Å². The molecule has 1 N–H and O–H groups in total. The lowest BCUT2D eigenvalue weighted by molar-refractivity contribution is -0.131. The van der Waals surface area contributed by atoms with E-state index in [-0.39, 0.29) is 0 Å². The summed E-state index contributed by atoms with van der Waals surface area (Å²) >= 11 is 0. The van der Waals surface area contributed by atoms with E-state index in [1.54, 1.807) is 12.5 Å². The fraction of sp³-hybridized carbons (Fsp3) is 0.143. The van der Waals surface area contributed by atoms with Crippen LogP contribution in [0.1, 0.15) is 5.56 Å². The van der Waals surface area contributed by atoms with Crippen LogP contribution in [0.3, 0.4) is 0 Å². The highest BCUT2D eigenvalue weighted by Crippen LogP contribution is 2.19. The Hall–Kier alpha value is -2.56. The molecule has 0 atom stereocenters. The number of rotatable bonds is 6. The number of carbonyl (C=O) groups is 1. The summed E-state index contributed by atoms with van der Waals surface area (Å²) in [6.45, 7) is 1.19. The molecule has 1 aromatic heterocycles. The van der Waals surface area contributed by atoms with Crippen LogP contribution in [0.25, 0.3) is 6.08 Å². The SMILES string of the molecule is O=C(O)/C=C/c1ccccc1OCCn1ccnc1. The minimum absolute atomic E-state index is 0.494. The summed E-state index contributed by atoms with van der Waals surface area (Å²) in [6, 6.07) is 7.32. The lowest BCUT2D eigenvalue weighted by Crippen LogP contribution is -2.07. The predicted octanol–water partition coefficient (Wildman–Crippen LogP) is 2.06. The summed E-state index contributed by atoms with van der Waals surface area (Å²) < 4.78 is 7.56. The third kappa shape index (κ3) is 3.99. The van der Waals surface area contributed by atoms with Gasteiger partial charge in [0, 0.05) is 24.0 Å². The fourth-order valence-electron chi connectivity index (χ4n) is 1.59. The van der Waals surface area contributed by atoms with Crippen molar-refractivity contribution < 1.29 is 14.6 Å². The van der Waals surface area contributed by atoms with Gasteiger partial charge in [-0.1, -0.05) is 18.2 Å². The Bertz CT molecular complexity index is 562. The van der Waals surface area contributed by atoms with E-state index in [9.17, 15) is 4.79 Å². The largest absolute Gasteiger partial charge is 0.491 e. The summed E-state index contributed by atoms with van der Waals surface area (Å²) in [5.74, 6) is -0.312. The number of nitrogens with zero attached hydrogens (tertiary/aromatic N) is 2. The molecule has 2 rings (SSSR count). The maximum absolute atomic E-state index is 10.5. The van der Waals surface area contributed by atoms with E-state index < -0.39 is 5.97 Å². The van der Waals surface area contributed by atoms with Crippen LogP contribution in [0.4, 0.5) is 0 Å². The molecule has 19 heavy (non-hydrogen) atoms. The fourth-order valence-corrected chi connectivity index (χ4v) is 1.59. The van der Waals surface area contributed by atoms with Crippen LogP contribution in [-0.2, 0) is 11.3 Å². The molecule has 0 amide bonds. The first-order chi connectivity index (χ1) is 9.25. The third-order valence-electron chi connectivity index (χ3n) is 2.49. The zero-order valence-corrected chi connectivity index (χ0v) is 10.3. The Morgan fingerprint density at radius 1 is 1.42 bits per heavy atom. The zero-order valence-electron chi connectivity index (χ0n) is 10.3. The average Bonchev–Trinajstić information content (AvgIpc) is 2.91. The van der Waals surface area contributed by atoms with Gasteiger partial charge in [-0.3, -0.25) is 0 Å². The van der Waals surface area contributed by atoms with Gasteiger partial charge in [0.2, 0.25) is 0 Å². The second kappa shape index (κ2) is 6.39. The van der Waals surface area contributed by atoms with Crippen LogP contribution in [0.5, 0.6) is 5.75 Å². The molecule has 0 aliphatic carbocycles. The molecule has 1 heterocycles. The molecule has 0 unspecified atom stereocenters. The maximum Gasteiger partial charge on any atom is 0.328 e. The van der Waals surface area contributed by atoms with Gasteiger partial charge in [0.05, 0.1) is 12.9 Å². The van der Waals surface area contributed by atoms with Crippen molar-refractivity contribution in [2.24, 2.45) is 0 Å². The first-order valence-corrected chi connectivity index (χ1v) is 5.84. The maximum atomic E-state index is 10.5. The number of aliphatic carboxylic acids is 1. The average molecular weight is 258 g/mol. The molecule has 0 bridgehead atoms. The van der Waals surface area contributed by atoms with Gasteiger partial charge in [-0.2, -0.15) is 0 Å². The van der Waals surface area contributed by atoms with Crippen LogP contribution < -0.4 is 4.74 Å². The first kappa shape index (κ1) is 12.9. The second-order valence-electron chi connectivity index (χ2n) is 3.86. The van der Waals surface area contributed by atoms with Gasteiger partial charge in [0.25, 0.3) is 0 Å². The van der Waals surface area contributed by atoms with E-state index in [1.165, 1.54) is 6.08 Å². The van der Waals surface area contributed by atoms with Gasteiger partial charge < -0.3 is 14.4 Å². The molecule has 5 heteroatoms. The van der Waals surface area contributed by atoms with Crippen molar-refractivity contribution in [3.8, 4) is 5.75 Å². The molecule has 2 aromatic rings. The summed E-state index contributed by atoms with van der Waals surface area (Å²) in [7, 11) is 0. The van der Waals surface area contributed by atoms with Crippen molar-refractivity contribution in [2.45, 2.75) is 6.54 Å². The molecule has 0 saturated carbocycles. The molecule has 0 aliphatic heterocycles. The van der Waals surface area contributed by atoms with Crippen molar-refractivity contribution >= 4 is 12.0 Å². The minimum atomic E-state index is -0.979. The highest BCUT2D eigenvalue weighted by molar-refractivity contribution is 5.85. The topological polar surface area (TPSA) is 64.3 Å². The lowest BCUT2D eigenvalue weighted by atomic mass is 10.2. The van der Waals surface area contributed by atoms with E-state index >= 15 is 0 Å². The van der Waals surface area contributed by atoms with Crippen LogP contribution in [0, 0.1) is 0 Å². The zero-order chi connectivity index (χ0) is 13.5. The van der Waals surface area contributed by atoms with Gasteiger partial charge in [0.15, 0.2) is 0 Å². The molecule has 1 aromatic carbocycles. The second-order valence-corrected chi connectivity index (χ2v) is 3.86. The number of hydrogen-bond donors (Lipinski definition) is 1. The number of hydrogen-bond acceptors (Lipinski definition) is 3. The Labute approximate surface area is 110 Å². The lowest BCUT2D eigenvalue weighted by Gasteiger charge is -2.09. The molecule has 5 nitrogen and oxygen atoms in total. The van der Waals surface area contributed by atoms with Gasteiger partial charge in [-0.05, 0) is 12.1 Å². The Balaban J connectivity index is 1.97. The number of para-hydroxylation sites is 1. The Morgan fingerprint density at radius 2 is 2.26 bits per heavy atom. The van der Waals surface area contributed by atoms with Gasteiger partial charge >= 0.3 is 5.97 Å². The molecule has 0 fully saturated rings. The van der Waals surface area contributed by atoms with E-state index in [4.69, 9.17) is 9.84 Å². The molecular formula is C14H14N2O3. The van der Waals surface area contributed by atoms with E-state index in [1.807, 2.05) is 35.0 Å². The summed E-state index contributed by atoms with van der Waals surface area (Å²) in [6.07, 6.45) is 7.91. The number of benzene rings is 1. The number of carboxylic acids is 1. The molecular weight excluding hydrogens is 244 g/mol. The highest BCUT2D eigenvalue weighted by atomic mass is 16.5. The smallest absolute Gasteiger partial charge is 0.328 e. The van der Waals surface area contributed by atoms with Gasteiger partial charge in [-0.25, -0.2) is 9.78 Å². The highest BCUT2D eigenvalue weighted by Gasteiger charge is 2.00. The first-order valence-electron chi connectivity index (χ1n) is 5.84. The standard InChI is InChI=1S/C14H14N2O3/c17-14(18)6-5-12-3-1-2-4-13(12)19-10-9-16-8-7-15-11-16/h1-8,11H,9-10H2,(H,17,18)/b6-5+. The van der Waals surface area contributed by atoms with E-state index in [0.717, 1.165) is 11.6 Å². The Morgan fingerprint density at radius 3 is 3.00 bits per heavy atom. The molecule has 0 radical (unpaired) electrons. The molecule has 0 aliphatic rings. The van der Waals surface area contributed by atoms with Crippen LogP contribution in [0.15, 0.2) is 49.1 Å². The van der Waals surface area contributed by atoms with Crippen molar-refractivity contribution in [2.75, 3.05) is 6.61 Å². The summed E-state index contributed by atoms with van der Waals surface area (Å²) in [5.41, 5.74) is 0.746.